The Morgan fingerprint density at radius 1 is 1.13 bits per heavy atom. The van der Waals surface area contributed by atoms with Crippen LogP contribution in [0.2, 0.25) is 0 Å². The molecule has 1 fully saturated rings. The first-order valence-electron chi connectivity index (χ1n) is 5.60. The third-order valence-electron chi connectivity index (χ3n) is 2.93. The van der Waals surface area contributed by atoms with Gasteiger partial charge in [-0.15, -0.1) is 0 Å². The predicted molar refractivity (Wildman–Crippen MR) is 60.0 cm³/mol. The van der Waals surface area contributed by atoms with Gasteiger partial charge in [0.15, 0.2) is 5.78 Å². The molecule has 0 bridgehead atoms. The fourth-order valence-electron chi connectivity index (χ4n) is 2.05. The maximum atomic E-state index is 12.1. The van der Waals surface area contributed by atoms with E-state index in [1.54, 1.807) is 0 Å². The molecular weight excluding hydrogens is 186 g/mol. The van der Waals surface area contributed by atoms with Crippen molar-refractivity contribution in [3.05, 3.63) is 35.9 Å². The lowest BCUT2D eigenvalue weighted by molar-refractivity contribution is 0.0910. The number of hydrogen-bond acceptors (Lipinski definition) is 1. The number of hydrogen-bond donors (Lipinski definition) is 0. The maximum absolute atomic E-state index is 12.1. The molecule has 0 saturated carbocycles. The van der Waals surface area contributed by atoms with Crippen molar-refractivity contribution in [1.82, 2.24) is 5.32 Å². The maximum Gasteiger partial charge on any atom is 0.165 e. The minimum atomic E-state index is 0.193. The van der Waals surface area contributed by atoms with Crippen LogP contribution in [0, 0.1) is 5.92 Å². The summed E-state index contributed by atoms with van der Waals surface area (Å²) in [6.07, 6.45) is 2.98. The molecule has 2 nitrogen and oxygen atoms in total. The van der Waals surface area contributed by atoms with Gasteiger partial charge in [-0.1, -0.05) is 30.3 Å². The molecule has 1 heterocycles. The van der Waals surface area contributed by atoms with Gasteiger partial charge in [0, 0.05) is 24.6 Å². The van der Waals surface area contributed by atoms with Gasteiger partial charge in [0.05, 0.1) is 0 Å². The monoisotopic (exact) mass is 202 g/mol. The molecule has 1 unspecified atom stereocenters. The Kier molecular flexibility index (Phi) is 3.51. The summed E-state index contributed by atoms with van der Waals surface area (Å²) in [4.78, 5) is 12.1. The summed E-state index contributed by atoms with van der Waals surface area (Å²) >= 11 is 0. The molecule has 15 heavy (non-hydrogen) atoms. The van der Waals surface area contributed by atoms with Crippen molar-refractivity contribution in [3.63, 3.8) is 0 Å². The van der Waals surface area contributed by atoms with Crippen LogP contribution >= 0.6 is 0 Å². The van der Waals surface area contributed by atoms with Gasteiger partial charge in [-0.25, -0.2) is 5.32 Å². The molecule has 1 aliphatic heterocycles. The summed E-state index contributed by atoms with van der Waals surface area (Å²) in [5.74, 6) is 0.492. The molecule has 0 amide bonds. The van der Waals surface area contributed by atoms with Gasteiger partial charge in [-0.3, -0.25) is 4.79 Å². The van der Waals surface area contributed by atoms with E-state index in [9.17, 15) is 4.79 Å². The Bertz CT molecular complexity index is 313. The van der Waals surface area contributed by atoms with E-state index < -0.39 is 0 Å². The smallest absolute Gasteiger partial charge is 0.165 e. The Balaban J connectivity index is 2.06. The Morgan fingerprint density at radius 3 is 2.73 bits per heavy atom. The molecule has 1 saturated heterocycles. The lowest BCUT2D eigenvalue weighted by atomic mass is 9.91. The third kappa shape index (κ3) is 2.66. The first kappa shape index (κ1) is 10.4. The summed E-state index contributed by atoms with van der Waals surface area (Å²) in [5, 5.41) is 4.34. The SMILES string of the molecule is O=C(c1ccccc1)C1CCC[N]CC1. The van der Waals surface area contributed by atoms with E-state index in [-0.39, 0.29) is 5.92 Å². The largest absolute Gasteiger partial charge is 0.294 e. The van der Waals surface area contributed by atoms with E-state index in [0.717, 1.165) is 37.9 Å². The van der Waals surface area contributed by atoms with Crippen LogP contribution in [0.4, 0.5) is 0 Å². The first-order valence-corrected chi connectivity index (χ1v) is 5.60. The number of carbonyl (C=O) groups is 1. The van der Waals surface area contributed by atoms with Gasteiger partial charge in [-0.2, -0.15) is 0 Å². The van der Waals surface area contributed by atoms with E-state index in [2.05, 4.69) is 5.32 Å². The van der Waals surface area contributed by atoms with Gasteiger partial charge >= 0.3 is 0 Å². The van der Waals surface area contributed by atoms with Crippen LogP contribution in [0.15, 0.2) is 30.3 Å². The summed E-state index contributed by atoms with van der Waals surface area (Å²) in [6, 6.07) is 9.61. The Morgan fingerprint density at radius 2 is 1.93 bits per heavy atom. The molecule has 1 aromatic carbocycles. The summed E-state index contributed by atoms with van der Waals surface area (Å²) in [6.45, 7) is 1.78. The molecule has 0 N–H and O–H groups in total. The molecule has 0 aliphatic carbocycles. The fourth-order valence-corrected chi connectivity index (χ4v) is 2.05. The van der Waals surface area contributed by atoms with Crippen molar-refractivity contribution >= 4 is 5.78 Å². The molecule has 0 spiro atoms. The van der Waals surface area contributed by atoms with Crippen molar-refractivity contribution < 1.29 is 4.79 Å². The second-order valence-corrected chi connectivity index (χ2v) is 4.03. The van der Waals surface area contributed by atoms with Crippen molar-refractivity contribution in [2.75, 3.05) is 13.1 Å². The van der Waals surface area contributed by atoms with E-state index in [0.29, 0.717) is 5.78 Å². The fraction of sp³-hybridized carbons (Fsp3) is 0.462. The van der Waals surface area contributed by atoms with Gasteiger partial charge in [-0.05, 0) is 19.3 Å². The molecule has 1 aliphatic rings. The molecule has 79 valence electrons. The van der Waals surface area contributed by atoms with Crippen molar-refractivity contribution in [2.24, 2.45) is 5.92 Å². The standard InChI is InChI=1S/C13H16NO/c15-13(11-5-2-1-3-6-11)12-7-4-9-14-10-8-12/h1-3,5-6,12H,4,7-10H2. The average Bonchev–Trinajstić information content (AvgIpc) is 2.58. The number of carbonyl (C=O) groups excluding carboxylic acids is 1. The summed E-state index contributed by atoms with van der Waals surface area (Å²) in [5.41, 5.74) is 0.851. The highest BCUT2D eigenvalue weighted by Gasteiger charge is 2.20. The van der Waals surface area contributed by atoms with E-state index in [4.69, 9.17) is 0 Å². The van der Waals surface area contributed by atoms with Gasteiger partial charge in [0.1, 0.15) is 0 Å². The lowest BCUT2D eigenvalue weighted by Gasteiger charge is -2.11. The van der Waals surface area contributed by atoms with E-state index in [1.807, 2.05) is 30.3 Å². The first-order chi connectivity index (χ1) is 7.38. The van der Waals surface area contributed by atoms with Gasteiger partial charge < -0.3 is 0 Å². The summed E-state index contributed by atoms with van der Waals surface area (Å²) in [7, 11) is 0. The second-order valence-electron chi connectivity index (χ2n) is 4.03. The van der Waals surface area contributed by atoms with Crippen LogP contribution < -0.4 is 5.32 Å². The zero-order chi connectivity index (χ0) is 10.5. The Hall–Kier alpha value is -1.15. The lowest BCUT2D eigenvalue weighted by Crippen LogP contribution is -2.15. The molecule has 0 aromatic heterocycles. The van der Waals surface area contributed by atoms with Crippen LogP contribution in [0.3, 0.4) is 0 Å². The minimum absolute atomic E-state index is 0.193. The predicted octanol–water partition coefficient (Wildman–Crippen LogP) is 2.27. The average molecular weight is 202 g/mol. The summed E-state index contributed by atoms with van der Waals surface area (Å²) < 4.78 is 0. The quantitative estimate of drug-likeness (QED) is 0.677. The number of Topliss-reactive ketones (excluding diaryl/α,β-unsaturated/α-hetero) is 1. The van der Waals surface area contributed by atoms with Gasteiger partial charge in [0.2, 0.25) is 0 Å². The number of nitrogens with zero attached hydrogens (tertiary/aromatic N) is 1. The van der Waals surface area contributed by atoms with Crippen LogP contribution in [-0.4, -0.2) is 18.9 Å². The molecule has 1 aromatic rings. The van der Waals surface area contributed by atoms with Crippen LogP contribution in [0.1, 0.15) is 29.6 Å². The minimum Gasteiger partial charge on any atom is -0.294 e. The second kappa shape index (κ2) is 5.08. The molecule has 2 heteroatoms. The third-order valence-corrected chi connectivity index (χ3v) is 2.93. The van der Waals surface area contributed by atoms with Crippen LogP contribution in [0.5, 0.6) is 0 Å². The normalized spacial score (nSPS) is 22.0. The zero-order valence-corrected chi connectivity index (χ0v) is 8.86. The number of benzene rings is 1. The van der Waals surface area contributed by atoms with Crippen LogP contribution in [0.25, 0.3) is 0 Å². The van der Waals surface area contributed by atoms with Crippen molar-refractivity contribution in [3.8, 4) is 0 Å². The highest BCUT2D eigenvalue weighted by Crippen LogP contribution is 2.19. The molecular formula is C13H16NO. The van der Waals surface area contributed by atoms with Gasteiger partial charge in [0.25, 0.3) is 0 Å². The van der Waals surface area contributed by atoms with Crippen molar-refractivity contribution in [1.29, 1.82) is 0 Å². The van der Waals surface area contributed by atoms with E-state index in [1.165, 1.54) is 0 Å². The van der Waals surface area contributed by atoms with E-state index >= 15 is 0 Å². The van der Waals surface area contributed by atoms with Crippen molar-refractivity contribution in [2.45, 2.75) is 19.3 Å². The molecule has 1 radical (unpaired) electrons. The Labute approximate surface area is 90.7 Å². The number of rotatable bonds is 2. The topological polar surface area (TPSA) is 31.2 Å². The highest BCUT2D eigenvalue weighted by atomic mass is 16.1. The highest BCUT2D eigenvalue weighted by molar-refractivity contribution is 5.97. The number of ketones is 1. The molecule has 2 rings (SSSR count). The zero-order valence-electron chi connectivity index (χ0n) is 8.86. The molecule has 1 atom stereocenters. The van der Waals surface area contributed by atoms with Crippen LogP contribution in [-0.2, 0) is 0 Å².